The van der Waals surface area contributed by atoms with Crippen LogP contribution in [0.2, 0.25) is 0 Å². The fraction of sp³-hybridized carbons (Fsp3) is 0.429. The highest BCUT2D eigenvalue weighted by molar-refractivity contribution is 5.81. The molecule has 0 saturated carbocycles. The fourth-order valence-electron chi connectivity index (χ4n) is 4.10. The maximum Gasteiger partial charge on any atom is 0.208 e. The van der Waals surface area contributed by atoms with Crippen molar-refractivity contribution in [2.24, 2.45) is 0 Å². The van der Waals surface area contributed by atoms with E-state index in [-0.39, 0.29) is 11.9 Å². The summed E-state index contributed by atoms with van der Waals surface area (Å²) in [5.41, 5.74) is 2.65. The maximum absolute atomic E-state index is 13.3. The Hall–Kier alpha value is -2.71. The number of fused-ring (bicyclic) bond motifs is 1. The standard InChI is InChI=1S/C21H25FN6O/c22-14-1-3-15(4-2-14)26-21-27-18-12-24-20(25-16-5-8-23-9-6-16)11-19(18)28(21)17-7-10-29-13-17/h1-4,11-12,16-17,23H,5-10,13H2,(H,24,25)(H,26,27)/t17-/m0/s1. The topological polar surface area (TPSA) is 76.0 Å². The summed E-state index contributed by atoms with van der Waals surface area (Å²) in [5.74, 6) is 1.34. The van der Waals surface area contributed by atoms with E-state index in [2.05, 4.69) is 31.6 Å². The van der Waals surface area contributed by atoms with E-state index >= 15 is 0 Å². The number of rotatable bonds is 5. The van der Waals surface area contributed by atoms with Gasteiger partial charge in [0.2, 0.25) is 5.95 Å². The molecule has 0 spiro atoms. The number of piperidine rings is 1. The average molecular weight is 396 g/mol. The Bertz CT molecular complexity index is 977. The lowest BCUT2D eigenvalue weighted by atomic mass is 10.1. The predicted octanol–water partition coefficient (Wildman–Crippen LogP) is 3.44. The maximum atomic E-state index is 13.3. The third-order valence-corrected chi connectivity index (χ3v) is 5.64. The first kappa shape index (κ1) is 18.3. The number of hydrogen-bond acceptors (Lipinski definition) is 6. The van der Waals surface area contributed by atoms with Crippen molar-refractivity contribution in [2.75, 3.05) is 36.9 Å². The molecule has 2 aromatic heterocycles. The Labute approximate surface area is 168 Å². The number of imidazole rings is 1. The van der Waals surface area contributed by atoms with Crippen molar-refractivity contribution < 1.29 is 9.13 Å². The summed E-state index contributed by atoms with van der Waals surface area (Å²) in [4.78, 5) is 9.35. The SMILES string of the molecule is Fc1ccc(Nc2nc3cnc(NC4CCNCC4)cc3n2[C@H]2CCOC2)cc1. The van der Waals surface area contributed by atoms with Gasteiger partial charge in [-0.1, -0.05) is 0 Å². The van der Waals surface area contributed by atoms with E-state index in [0.717, 1.165) is 67.4 Å². The lowest BCUT2D eigenvalue weighted by Crippen LogP contribution is -2.35. The van der Waals surface area contributed by atoms with E-state index < -0.39 is 0 Å². The van der Waals surface area contributed by atoms with Crippen LogP contribution in [0.25, 0.3) is 11.0 Å². The molecule has 3 aromatic rings. The summed E-state index contributed by atoms with van der Waals surface area (Å²) in [6.45, 7) is 3.46. The molecule has 1 aromatic carbocycles. The summed E-state index contributed by atoms with van der Waals surface area (Å²) < 4.78 is 21.1. The van der Waals surface area contributed by atoms with Crippen LogP contribution in [0.5, 0.6) is 0 Å². The van der Waals surface area contributed by atoms with Crippen LogP contribution in [0.1, 0.15) is 25.3 Å². The van der Waals surface area contributed by atoms with E-state index in [0.29, 0.717) is 12.6 Å². The second-order valence-corrected chi connectivity index (χ2v) is 7.68. The summed E-state index contributed by atoms with van der Waals surface area (Å²) in [6, 6.07) is 9.03. The smallest absolute Gasteiger partial charge is 0.208 e. The van der Waals surface area contributed by atoms with Crippen LogP contribution in [0.3, 0.4) is 0 Å². The van der Waals surface area contributed by atoms with Crippen molar-refractivity contribution in [3.05, 3.63) is 42.3 Å². The molecule has 2 saturated heterocycles. The first-order valence-corrected chi connectivity index (χ1v) is 10.2. The van der Waals surface area contributed by atoms with Crippen molar-refractivity contribution >= 4 is 28.5 Å². The van der Waals surface area contributed by atoms with Crippen LogP contribution in [0.15, 0.2) is 36.5 Å². The van der Waals surface area contributed by atoms with E-state index in [9.17, 15) is 4.39 Å². The lowest BCUT2D eigenvalue weighted by Gasteiger charge is -2.24. The molecule has 0 aliphatic carbocycles. The Morgan fingerprint density at radius 1 is 1.14 bits per heavy atom. The number of halogens is 1. The van der Waals surface area contributed by atoms with E-state index in [1.807, 2.05) is 6.20 Å². The third-order valence-electron chi connectivity index (χ3n) is 5.64. The van der Waals surface area contributed by atoms with E-state index in [1.165, 1.54) is 12.1 Å². The quantitative estimate of drug-likeness (QED) is 0.613. The van der Waals surface area contributed by atoms with Gasteiger partial charge in [-0.15, -0.1) is 0 Å². The molecular weight excluding hydrogens is 371 g/mol. The summed E-state index contributed by atoms with van der Waals surface area (Å²) >= 11 is 0. The Balaban J connectivity index is 1.49. The molecule has 0 amide bonds. The first-order chi connectivity index (χ1) is 14.3. The second kappa shape index (κ2) is 7.96. The molecule has 5 rings (SSSR count). The number of aromatic nitrogens is 3. The monoisotopic (exact) mass is 396 g/mol. The number of benzene rings is 1. The Morgan fingerprint density at radius 2 is 1.97 bits per heavy atom. The number of anilines is 3. The van der Waals surface area contributed by atoms with Gasteiger partial charge in [0.15, 0.2) is 0 Å². The van der Waals surface area contributed by atoms with Crippen LogP contribution < -0.4 is 16.0 Å². The summed E-state index contributed by atoms with van der Waals surface area (Å²) in [7, 11) is 0. The highest BCUT2D eigenvalue weighted by Gasteiger charge is 2.24. The number of nitrogens with zero attached hydrogens (tertiary/aromatic N) is 3. The van der Waals surface area contributed by atoms with Crippen molar-refractivity contribution in [3.63, 3.8) is 0 Å². The van der Waals surface area contributed by atoms with E-state index in [1.54, 1.807) is 12.1 Å². The minimum Gasteiger partial charge on any atom is -0.379 e. The van der Waals surface area contributed by atoms with Gasteiger partial charge in [-0.25, -0.2) is 14.4 Å². The van der Waals surface area contributed by atoms with Crippen LogP contribution in [-0.2, 0) is 4.74 Å². The first-order valence-electron chi connectivity index (χ1n) is 10.2. The molecule has 0 unspecified atom stereocenters. The molecule has 3 N–H and O–H groups in total. The minimum absolute atomic E-state index is 0.206. The molecule has 0 bridgehead atoms. The zero-order valence-electron chi connectivity index (χ0n) is 16.2. The predicted molar refractivity (Wildman–Crippen MR) is 111 cm³/mol. The Kier molecular flexibility index (Phi) is 5.03. The third kappa shape index (κ3) is 3.90. The fourth-order valence-corrected chi connectivity index (χ4v) is 4.10. The van der Waals surface area contributed by atoms with Crippen LogP contribution in [0.4, 0.5) is 21.8 Å². The van der Waals surface area contributed by atoms with Gasteiger partial charge < -0.3 is 25.3 Å². The van der Waals surface area contributed by atoms with E-state index in [4.69, 9.17) is 9.72 Å². The molecule has 2 fully saturated rings. The molecule has 152 valence electrons. The number of ether oxygens (including phenoxy) is 1. The van der Waals surface area contributed by atoms with Gasteiger partial charge in [-0.2, -0.15) is 0 Å². The molecule has 29 heavy (non-hydrogen) atoms. The van der Waals surface area contributed by atoms with Crippen LogP contribution in [-0.4, -0.2) is 46.9 Å². The Morgan fingerprint density at radius 3 is 2.72 bits per heavy atom. The molecule has 2 aliphatic heterocycles. The normalized spacial score (nSPS) is 20.2. The molecule has 4 heterocycles. The van der Waals surface area contributed by atoms with Gasteiger partial charge in [0.25, 0.3) is 0 Å². The van der Waals surface area contributed by atoms with Crippen molar-refractivity contribution in [2.45, 2.75) is 31.3 Å². The van der Waals surface area contributed by atoms with Gasteiger partial charge in [0.05, 0.1) is 24.4 Å². The molecule has 7 nitrogen and oxygen atoms in total. The number of pyridine rings is 1. The summed E-state index contributed by atoms with van der Waals surface area (Å²) in [6.07, 6.45) is 4.93. The molecule has 2 aliphatic rings. The van der Waals surface area contributed by atoms with Gasteiger partial charge >= 0.3 is 0 Å². The molecular formula is C21H25FN6O. The van der Waals surface area contributed by atoms with Crippen LogP contribution >= 0.6 is 0 Å². The highest BCUT2D eigenvalue weighted by atomic mass is 19.1. The average Bonchev–Trinajstić information content (AvgIpc) is 3.37. The zero-order valence-corrected chi connectivity index (χ0v) is 16.2. The zero-order chi connectivity index (χ0) is 19.6. The number of nitrogens with one attached hydrogen (secondary N) is 3. The second-order valence-electron chi connectivity index (χ2n) is 7.68. The highest BCUT2D eigenvalue weighted by Crippen LogP contribution is 2.32. The lowest BCUT2D eigenvalue weighted by molar-refractivity contribution is 0.187. The van der Waals surface area contributed by atoms with Gasteiger partial charge in [-0.3, -0.25) is 0 Å². The van der Waals surface area contributed by atoms with Crippen molar-refractivity contribution in [1.82, 2.24) is 19.9 Å². The van der Waals surface area contributed by atoms with Crippen LogP contribution in [0, 0.1) is 5.82 Å². The van der Waals surface area contributed by atoms with Crippen molar-refractivity contribution in [1.29, 1.82) is 0 Å². The van der Waals surface area contributed by atoms with Gasteiger partial charge in [0, 0.05) is 24.4 Å². The molecule has 8 heteroatoms. The number of hydrogen-bond donors (Lipinski definition) is 3. The van der Waals surface area contributed by atoms with Crippen molar-refractivity contribution in [3.8, 4) is 0 Å². The summed E-state index contributed by atoms with van der Waals surface area (Å²) in [5, 5.41) is 10.3. The largest absolute Gasteiger partial charge is 0.379 e. The molecule has 1 atom stereocenters. The molecule has 0 radical (unpaired) electrons. The van der Waals surface area contributed by atoms with Gasteiger partial charge in [0.1, 0.15) is 17.2 Å². The van der Waals surface area contributed by atoms with Gasteiger partial charge in [-0.05, 0) is 56.6 Å². The minimum atomic E-state index is -0.258.